The van der Waals surface area contributed by atoms with E-state index in [4.69, 9.17) is 16.3 Å². The van der Waals surface area contributed by atoms with E-state index in [0.717, 1.165) is 5.56 Å². The molecule has 0 aromatic heterocycles. The van der Waals surface area contributed by atoms with E-state index in [2.05, 4.69) is 15.9 Å². The number of rotatable bonds is 5. The lowest BCUT2D eigenvalue weighted by molar-refractivity contribution is -0.140. The Bertz CT molecular complexity index is 787. The highest BCUT2D eigenvalue weighted by molar-refractivity contribution is 9.10. The van der Waals surface area contributed by atoms with Crippen molar-refractivity contribution in [1.82, 2.24) is 4.90 Å². The van der Waals surface area contributed by atoms with Gasteiger partial charge in [-0.2, -0.15) is 0 Å². The highest BCUT2D eigenvalue weighted by Crippen LogP contribution is 2.22. The van der Waals surface area contributed by atoms with E-state index in [-0.39, 0.29) is 23.1 Å². The van der Waals surface area contributed by atoms with Crippen LogP contribution in [-0.2, 0) is 16.1 Å². The maximum absolute atomic E-state index is 12.7. The monoisotopic (exact) mass is 437 g/mol. The van der Waals surface area contributed by atoms with Gasteiger partial charge < -0.3 is 9.64 Å². The van der Waals surface area contributed by atoms with Crippen LogP contribution < -0.4 is 0 Å². The number of hydrogen-bond acceptors (Lipinski definition) is 3. The molecule has 6 heteroatoms. The van der Waals surface area contributed by atoms with Crippen molar-refractivity contribution in [3.8, 4) is 0 Å². The number of nitrogens with zero attached hydrogens (tertiary/aromatic N) is 1. The van der Waals surface area contributed by atoms with Crippen LogP contribution in [0.2, 0.25) is 5.02 Å². The summed E-state index contributed by atoms with van der Waals surface area (Å²) in [6.45, 7) is 5.94. The number of esters is 1. The van der Waals surface area contributed by atoms with E-state index in [0.29, 0.717) is 11.0 Å². The predicted octanol–water partition coefficient (Wildman–Crippen LogP) is 5.09. The Hall–Kier alpha value is -1.85. The number of benzene rings is 2. The molecular weight excluding hydrogens is 418 g/mol. The molecule has 0 bridgehead atoms. The molecule has 0 atom stereocenters. The molecule has 2 aromatic carbocycles. The summed E-state index contributed by atoms with van der Waals surface area (Å²) in [5.41, 5.74) is 0.823. The topological polar surface area (TPSA) is 46.6 Å². The van der Waals surface area contributed by atoms with Gasteiger partial charge in [-0.15, -0.1) is 0 Å². The second-order valence-corrected chi connectivity index (χ2v) is 8.16. The van der Waals surface area contributed by atoms with Crippen LogP contribution in [0.3, 0.4) is 0 Å². The van der Waals surface area contributed by atoms with Crippen molar-refractivity contribution in [1.29, 1.82) is 0 Å². The fourth-order valence-corrected chi connectivity index (χ4v) is 2.96. The Labute approximate surface area is 167 Å². The summed E-state index contributed by atoms with van der Waals surface area (Å²) in [5.74, 6) is -0.890. The summed E-state index contributed by atoms with van der Waals surface area (Å²) in [6.07, 6.45) is 0. The number of ether oxygens (including phenoxy) is 1. The first-order chi connectivity index (χ1) is 12.2. The lowest BCUT2D eigenvalue weighted by atomic mass is 10.0. The zero-order chi connectivity index (χ0) is 19.3. The van der Waals surface area contributed by atoms with Crippen molar-refractivity contribution in [2.45, 2.75) is 32.9 Å². The summed E-state index contributed by atoms with van der Waals surface area (Å²) >= 11 is 9.32. The van der Waals surface area contributed by atoms with Crippen molar-refractivity contribution < 1.29 is 14.3 Å². The zero-order valence-electron chi connectivity index (χ0n) is 15.0. The van der Waals surface area contributed by atoms with Gasteiger partial charge in [-0.1, -0.05) is 57.9 Å². The molecule has 0 radical (unpaired) electrons. The van der Waals surface area contributed by atoms with Gasteiger partial charge in [0.25, 0.3) is 5.91 Å². The molecule has 0 unspecified atom stereocenters. The highest BCUT2D eigenvalue weighted by Gasteiger charge is 2.27. The van der Waals surface area contributed by atoms with E-state index in [1.165, 1.54) is 0 Å². The largest absolute Gasteiger partial charge is 0.452 e. The first-order valence-electron chi connectivity index (χ1n) is 8.15. The average Bonchev–Trinajstić information content (AvgIpc) is 2.59. The molecule has 0 saturated carbocycles. The molecule has 2 aromatic rings. The second-order valence-electron chi connectivity index (χ2n) is 6.84. The highest BCUT2D eigenvalue weighted by atomic mass is 79.9. The standard InChI is InChI=1S/C20H21BrClNO3/c1-20(2,3)23(12-14-7-5-4-6-8-14)18(24)13-26-19(25)16-11-15(21)9-10-17(16)22/h4-11H,12-13H2,1-3H3. The third-order valence-corrected chi connectivity index (χ3v) is 4.59. The molecule has 0 aliphatic rings. The van der Waals surface area contributed by atoms with Gasteiger partial charge in [0.05, 0.1) is 10.6 Å². The Morgan fingerprint density at radius 1 is 1.12 bits per heavy atom. The fourth-order valence-electron chi connectivity index (χ4n) is 2.40. The number of amides is 1. The van der Waals surface area contributed by atoms with Gasteiger partial charge in [-0.05, 0) is 44.5 Å². The summed E-state index contributed by atoms with van der Waals surface area (Å²) in [6, 6.07) is 14.6. The molecule has 0 N–H and O–H groups in total. The first kappa shape index (κ1) is 20.5. The summed E-state index contributed by atoms with van der Waals surface area (Å²) in [7, 11) is 0. The van der Waals surface area contributed by atoms with Gasteiger partial charge in [0.2, 0.25) is 0 Å². The Morgan fingerprint density at radius 3 is 2.38 bits per heavy atom. The average molecular weight is 439 g/mol. The SMILES string of the molecule is CC(C)(C)N(Cc1ccccc1)C(=O)COC(=O)c1cc(Br)ccc1Cl. The third kappa shape index (κ3) is 5.58. The van der Waals surface area contributed by atoms with Crippen LogP contribution in [0.4, 0.5) is 0 Å². The van der Waals surface area contributed by atoms with Gasteiger partial charge in [-0.25, -0.2) is 4.79 Å². The molecule has 26 heavy (non-hydrogen) atoms. The summed E-state index contributed by atoms with van der Waals surface area (Å²) < 4.78 is 5.91. The van der Waals surface area contributed by atoms with Crippen LogP contribution in [0.1, 0.15) is 36.7 Å². The molecule has 0 aliphatic heterocycles. The molecule has 1 amide bonds. The quantitative estimate of drug-likeness (QED) is 0.611. The van der Waals surface area contributed by atoms with Gasteiger partial charge in [0.1, 0.15) is 0 Å². The minimum atomic E-state index is -0.627. The van der Waals surface area contributed by atoms with E-state index in [1.807, 2.05) is 51.1 Å². The van der Waals surface area contributed by atoms with E-state index in [1.54, 1.807) is 23.1 Å². The van der Waals surface area contributed by atoms with E-state index in [9.17, 15) is 9.59 Å². The lowest BCUT2D eigenvalue weighted by Crippen LogP contribution is -2.46. The maximum atomic E-state index is 12.7. The van der Waals surface area contributed by atoms with Gasteiger partial charge in [0.15, 0.2) is 6.61 Å². The van der Waals surface area contributed by atoms with Crippen molar-refractivity contribution in [2.75, 3.05) is 6.61 Å². The van der Waals surface area contributed by atoms with E-state index >= 15 is 0 Å². The number of hydrogen-bond donors (Lipinski definition) is 0. The van der Waals surface area contributed by atoms with Gasteiger partial charge in [-0.3, -0.25) is 4.79 Å². The van der Waals surface area contributed by atoms with Crippen LogP contribution in [-0.4, -0.2) is 28.9 Å². The molecule has 0 saturated heterocycles. The molecule has 0 spiro atoms. The van der Waals surface area contributed by atoms with Gasteiger partial charge >= 0.3 is 5.97 Å². The Kier molecular flexibility index (Phi) is 6.84. The van der Waals surface area contributed by atoms with Crippen molar-refractivity contribution in [2.24, 2.45) is 0 Å². The zero-order valence-corrected chi connectivity index (χ0v) is 17.3. The number of carbonyl (C=O) groups excluding carboxylic acids is 2. The smallest absolute Gasteiger partial charge is 0.340 e. The van der Waals surface area contributed by atoms with Crippen molar-refractivity contribution in [3.63, 3.8) is 0 Å². The maximum Gasteiger partial charge on any atom is 0.340 e. The normalized spacial score (nSPS) is 11.1. The minimum Gasteiger partial charge on any atom is -0.452 e. The predicted molar refractivity (Wildman–Crippen MR) is 106 cm³/mol. The third-order valence-electron chi connectivity index (χ3n) is 3.77. The summed E-state index contributed by atoms with van der Waals surface area (Å²) in [5, 5.41) is 0.280. The first-order valence-corrected chi connectivity index (χ1v) is 9.32. The minimum absolute atomic E-state index is 0.221. The molecule has 2 rings (SSSR count). The van der Waals surface area contributed by atoms with Crippen molar-refractivity contribution >= 4 is 39.4 Å². The second kappa shape index (κ2) is 8.69. The van der Waals surface area contributed by atoms with Crippen LogP contribution in [0.25, 0.3) is 0 Å². The molecular formula is C20H21BrClNO3. The lowest BCUT2D eigenvalue weighted by Gasteiger charge is -2.35. The molecule has 0 heterocycles. The van der Waals surface area contributed by atoms with Gasteiger partial charge in [0, 0.05) is 16.6 Å². The molecule has 0 fully saturated rings. The van der Waals surface area contributed by atoms with Crippen molar-refractivity contribution in [3.05, 3.63) is 69.2 Å². The number of carbonyl (C=O) groups is 2. The molecule has 4 nitrogen and oxygen atoms in total. The van der Waals surface area contributed by atoms with Crippen LogP contribution in [0.15, 0.2) is 53.0 Å². The fraction of sp³-hybridized carbons (Fsp3) is 0.300. The Balaban J connectivity index is 2.07. The molecule has 138 valence electrons. The number of halogens is 2. The van der Waals surface area contributed by atoms with Crippen LogP contribution in [0.5, 0.6) is 0 Å². The Morgan fingerprint density at radius 2 is 1.77 bits per heavy atom. The van der Waals surface area contributed by atoms with E-state index < -0.39 is 11.5 Å². The van der Waals surface area contributed by atoms with Crippen LogP contribution >= 0.6 is 27.5 Å². The van der Waals surface area contributed by atoms with Crippen LogP contribution in [0, 0.1) is 0 Å². The molecule has 0 aliphatic carbocycles. The summed E-state index contributed by atoms with van der Waals surface area (Å²) in [4.78, 5) is 26.6.